The molecule has 1 heterocycles. The molecule has 14 heavy (non-hydrogen) atoms. The van der Waals surface area contributed by atoms with Gasteiger partial charge < -0.3 is 0 Å². The Morgan fingerprint density at radius 1 is 1.43 bits per heavy atom. The topological polar surface area (TPSA) is 17.1 Å². The summed E-state index contributed by atoms with van der Waals surface area (Å²) in [6.45, 7) is 0. The number of hydrogen-bond acceptors (Lipinski definition) is 2. The number of rotatable bonds is 3. The van der Waals surface area contributed by atoms with E-state index < -0.39 is 0 Å². The van der Waals surface area contributed by atoms with Crippen molar-refractivity contribution in [1.82, 2.24) is 0 Å². The maximum atomic E-state index is 11.8. The van der Waals surface area contributed by atoms with Gasteiger partial charge in [-0.1, -0.05) is 12.1 Å². The molecule has 74 valence electrons. The Kier molecular flexibility index (Phi) is 3.14. The predicted octanol–water partition coefficient (Wildman–Crippen LogP) is 3.36. The van der Waals surface area contributed by atoms with Crippen molar-refractivity contribution in [2.45, 2.75) is 32.1 Å². The van der Waals surface area contributed by atoms with Gasteiger partial charge in [-0.25, -0.2) is 0 Å². The second kappa shape index (κ2) is 4.56. The molecular formula is C12H14OS. The zero-order valence-corrected chi connectivity index (χ0v) is 8.98. The first-order chi connectivity index (χ1) is 6.86. The van der Waals surface area contributed by atoms with Crippen LogP contribution in [0.25, 0.3) is 0 Å². The van der Waals surface area contributed by atoms with Crippen molar-refractivity contribution < 1.29 is 4.79 Å². The SMILES string of the molecule is O=C(Cc1cccs1)C1=CCCCC1. The highest BCUT2D eigenvalue weighted by atomic mass is 32.1. The standard InChI is InChI=1S/C12H14OS/c13-12(9-11-7-4-8-14-11)10-5-2-1-3-6-10/h4-5,7-8H,1-3,6,9H2. The maximum Gasteiger partial charge on any atom is 0.163 e. The molecule has 0 saturated heterocycles. The zero-order chi connectivity index (χ0) is 9.80. The van der Waals surface area contributed by atoms with Crippen LogP contribution in [0.3, 0.4) is 0 Å². The van der Waals surface area contributed by atoms with Gasteiger partial charge in [0.05, 0.1) is 0 Å². The summed E-state index contributed by atoms with van der Waals surface area (Å²) in [7, 11) is 0. The molecule has 0 aromatic carbocycles. The van der Waals surface area contributed by atoms with Crippen LogP contribution in [0.1, 0.15) is 30.6 Å². The number of allylic oxidation sites excluding steroid dienone is 2. The van der Waals surface area contributed by atoms with Crippen molar-refractivity contribution in [3.8, 4) is 0 Å². The molecule has 1 nitrogen and oxygen atoms in total. The van der Waals surface area contributed by atoms with Gasteiger partial charge >= 0.3 is 0 Å². The van der Waals surface area contributed by atoms with Gasteiger partial charge in [-0.3, -0.25) is 4.79 Å². The van der Waals surface area contributed by atoms with E-state index in [1.165, 1.54) is 17.7 Å². The lowest BCUT2D eigenvalue weighted by Gasteiger charge is -2.10. The van der Waals surface area contributed by atoms with E-state index in [0.29, 0.717) is 12.2 Å². The fourth-order valence-electron chi connectivity index (χ4n) is 1.78. The van der Waals surface area contributed by atoms with E-state index in [-0.39, 0.29) is 0 Å². The molecular weight excluding hydrogens is 192 g/mol. The summed E-state index contributed by atoms with van der Waals surface area (Å²) in [5.74, 6) is 0.326. The van der Waals surface area contributed by atoms with Crippen molar-refractivity contribution in [1.29, 1.82) is 0 Å². The van der Waals surface area contributed by atoms with Crippen LogP contribution < -0.4 is 0 Å². The molecule has 0 radical (unpaired) electrons. The van der Waals surface area contributed by atoms with Crippen molar-refractivity contribution >= 4 is 17.1 Å². The number of Topliss-reactive ketones (excluding diaryl/α,β-unsaturated/α-hetero) is 1. The summed E-state index contributed by atoms with van der Waals surface area (Å²) in [4.78, 5) is 13.0. The second-order valence-electron chi connectivity index (χ2n) is 3.65. The molecule has 0 saturated carbocycles. The van der Waals surface area contributed by atoms with E-state index in [4.69, 9.17) is 0 Å². The molecule has 0 aliphatic heterocycles. The largest absolute Gasteiger partial charge is 0.294 e. The summed E-state index contributed by atoms with van der Waals surface area (Å²) in [6.07, 6.45) is 7.23. The molecule has 0 fully saturated rings. The van der Waals surface area contributed by atoms with Crippen molar-refractivity contribution in [3.63, 3.8) is 0 Å². The van der Waals surface area contributed by atoms with Crippen LogP contribution in [0.4, 0.5) is 0 Å². The molecule has 2 rings (SSSR count). The van der Waals surface area contributed by atoms with Crippen LogP contribution in [0.5, 0.6) is 0 Å². The van der Waals surface area contributed by atoms with Gasteiger partial charge in [0.15, 0.2) is 5.78 Å². The molecule has 2 heteroatoms. The lowest BCUT2D eigenvalue weighted by atomic mass is 9.95. The number of hydrogen-bond donors (Lipinski definition) is 0. The number of ketones is 1. The first-order valence-electron chi connectivity index (χ1n) is 5.11. The summed E-state index contributed by atoms with van der Waals surface area (Å²) in [6, 6.07) is 4.04. The second-order valence-corrected chi connectivity index (χ2v) is 4.69. The molecule has 0 spiro atoms. The minimum absolute atomic E-state index is 0.326. The van der Waals surface area contributed by atoms with E-state index in [9.17, 15) is 4.79 Å². The molecule has 1 aromatic rings. The smallest absolute Gasteiger partial charge is 0.163 e. The van der Waals surface area contributed by atoms with Crippen molar-refractivity contribution in [2.75, 3.05) is 0 Å². The Labute approximate surface area is 88.5 Å². The normalized spacial score (nSPS) is 16.4. The van der Waals surface area contributed by atoms with E-state index in [0.717, 1.165) is 18.4 Å². The Morgan fingerprint density at radius 3 is 3.00 bits per heavy atom. The van der Waals surface area contributed by atoms with E-state index in [1.807, 2.05) is 17.5 Å². The van der Waals surface area contributed by atoms with Crippen molar-refractivity contribution in [2.24, 2.45) is 0 Å². The Hall–Kier alpha value is -0.890. The molecule has 0 amide bonds. The first kappa shape index (κ1) is 9.66. The summed E-state index contributed by atoms with van der Waals surface area (Å²) >= 11 is 1.67. The molecule has 0 bridgehead atoms. The van der Waals surface area contributed by atoms with Crippen LogP contribution >= 0.6 is 11.3 Å². The molecule has 1 aromatic heterocycles. The lowest BCUT2D eigenvalue weighted by molar-refractivity contribution is -0.115. The lowest BCUT2D eigenvalue weighted by Crippen LogP contribution is -2.07. The van der Waals surface area contributed by atoms with Gasteiger partial charge in [0, 0.05) is 11.3 Å². The van der Waals surface area contributed by atoms with Crippen LogP contribution in [0.15, 0.2) is 29.2 Å². The zero-order valence-electron chi connectivity index (χ0n) is 8.16. The highest BCUT2D eigenvalue weighted by Gasteiger charge is 2.12. The number of carbonyl (C=O) groups is 1. The van der Waals surface area contributed by atoms with Gasteiger partial charge in [-0.05, 0) is 42.7 Å². The van der Waals surface area contributed by atoms with Crippen molar-refractivity contribution in [3.05, 3.63) is 34.0 Å². The highest BCUT2D eigenvalue weighted by Crippen LogP contribution is 2.20. The van der Waals surface area contributed by atoms with E-state index in [2.05, 4.69) is 6.08 Å². The Bertz CT molecular complexity index is 335. The number of thiophene rings is 1. The average Bonchev–Trinajstić information content (AvgIpc) is 2.72. The number of carbonyl (C=O) groups excluding carboxylic acids is 1. The van der Waals surface area contributed by atoms with E-state index >= 15 is 0 Å². The minimum atomic E-state index is 0.326. The average molecular weight is 206 g/mol. The molecule has 0 N–H and O–H groups in total. The molecule has 1 aliphatic carbocycles. The maximum absolute atomic E-state index is 11.8. The minimum Gasteiger partial charge on any atom is -0.294 e. The van der Waals surface area contributed by atoms with Crippen LogP contribution in [-0.2, 0) is 11.2 Å². The summed E-state index contributed by atoms with van der Waals surface area (Å²) < 4.78 is 0. The fourth-order valence-corrected chi connectivity index (χ4v) is 2.48. The molecule has 0 atom stereocenters. The van der Waals surface area contributed by atoms with Crippen LogP contribution in [0, 0.1) is 0 Å². The predicted molar refractivity (Wildman–Crippen MR) is 59.6 cm³/mol. The van der Waals surface area contributed by atoms with Crippen LogP contribution in [-0.4, -0.2) is 5.78 Å². The monoisotopic (exact) mass is 206 g/mol. The first-order valence-corrected chi connectivity index (χ1v) is 5.99. The van der Waals surface area contributed by atoms with Gasteiger partial charge in [0.2, 0.25) is 0 Å². The highest BCUT2D eigenvalue weighted by molar-refractivity contribution is 7.10. The third-order valence-electron chi connectivity index (χ3n) is 2.56. The third kappa shape index (κ3) is 2.32. The fraction of sp³-hybridized carbons (Fsp3) is 0.417. The molecule has 1 aliphatic rings. The molecule has 0 unspecified atom stereocenters. The van der Waals surface area contributed by atoms with E-state index in [1.54, 1.807) is 11.3 Å². The third-order valence-corrected chi connectivity index (χ3v) is 3.44. The van der Waals surface area contributed by atoms with Gasteiger partial charge in [-0.15, -0.1) is 11.3 Å². The summed E-state index contributed by atoms with van der Waals surface area (Å²) in [5, 5.41) is 2.03. The van der Waals surface area contributed by atoms with Gasteiger partial charge in [0.1, 0.15) is 0 Å². The summed E-state index contributed by atoms with van der Waals surface area (Å²) in [5.41, 5.74) is 1.06. The van der Waals surface area contributed by atoms with Crippen LogP contribution in [0.2, 0.25) is 0 Å². The van der Waals surface area contributed by atoms with Gasteiger partial charge in [0.25, 0.3) is 0 Å². The Morgan fingerprint density at radius 2 is 2.36 bits per heavy atom. The quantitative estimate of drug-likeness (QED) is 0.741. The Balaban J connectivity index is 1.98. The van der Waals surface area contributed by atoms with Gasteiger partial charge in [-0.2, -0.15) is 0 Å².